The number of ether oxygens (including phenoxy) is 1. The second-order valence-electron chi connectivity index (χ2n) is 12.9. The molecule has 0 saturated carbocycles. The van der Waals surface area contributed by atoms with Gasteiger partial charge in [-0.2, -0.15) is 5.10 Å². The molecule has 0 bridgehead atoms. The number of fused-ring (bicyclic) bond motifs is 1. The normalized spacial score (nSPS) is 14.5. The van der Waals surface area contributed by atoms with Crippen molar-refractivity contribution in [3.05, 3.63) is 89.9 Å². The molecular formula is C34H36F2N6O4S. The number of piperidine rings is 1. The third kappa shape index (κ3) is 7.62. The van der Waals surface area contributed by atoms with Gasteiger partial charge in [0.05, 0.1) is 24.2 Å². The Labute approximate surface area is 271 Å². The van der Waals surface area contributed by atoms with Crippen molar-refractivity contribution in [1.82, 2.24) is 24.6 Å². The number of aromatic amines is 1. The minimum atomic E-state index is -3.58. The van der Waals surface area contributed by atoms with Gasteiger partial charge < -0.3 is 14.6 Å². The molecule has 13 heteroatoms. The van der Waals surface area contributed by atoms with Gasteiger partial charge in [-0.05, 0) is 86.6 Å². The first kappa shape index (κ1) is 32.2. The van der Waals surface area contributed by atoms with Gasteiger partial charge in [-0.3, -0.25) is 9.40 Å². The van der Waals surface area contributed by atoms with E-state index in [0.29, 0.717) is 48.5 Å². The Bertz CT molecular complexity index is 2040. The van der Waals surface area contributed by atoms with Gasteiger partial charge >= 0.3 is 6.09 Å². The van der Waals surface area contributed by atoms with Gasteiger partial charge in [0.15, 0.2) is 0 Å². The molecule has 0 atom stereocenters. The number of hydrogen-bond acceptors (Lipinski definition) is 6. The van der Waals surface area contributed by atoms with Gasteiger partial charge in [0.2, 0.25) is 10.0 Å². The molecule has 4 heterocycles. The lowest BCUT2D eigenvalue weighted by Crippen LogP contribution is -2.41. The molecule has 10 nitrogen and oxygen atoms in total. The Morgan fingerprint density at radius 2 is 1.77 bits per heavy atom. The smallest absolute Gasteiger partial charge is 0.410 e. The number of halogens is 2. The number of rotatable bonds is 7. The second-order valence-corrected chi connectivity index (χ2v) is 14.7. The van der Waals surface area contributed by atoms with E-state index in [1.807, 2.05) is 51.1 Å². The monoisotopic (exact) mass is 662 g/mol. The van der Waals surface area contributed by atoms with E-state index in [-0.39, 0.29) is 18.6 Å². The summed E-state index contributed by atoms with van der Waals surface area (Å²) in [6, 6.07) is 12.9. The highest BCUT2D eigenvalue weighted by molar-refractivity contribution is 7.92. The van der Waals surface area contributed by atoms with Crippen LogP contribution in [0.3, 0.4) is 0 Å². The fourth-order valence-corrected chi connectivity index (χ4v) is 6.51. The highest BCUT2D eigenvalue weighted by Gasteiger charge is 2.29. The fourth-order valence-electron chi connectivity index (χ4n) is 5.94. The summed E-state index contributed by atoms with van der Waals surface area (Å²) in [5, 5.41) is 5.43. The van der Waals surface area contributed by atoms with Crippen LogP contribution in [0.15, 0.2) is 67.1 Å². The van der Waals surface area contributed by atoms with Crippen LogP contribution in [-0.4, -0.2) is 64.1 Å². The minimum Gasteiger partial charge on any atom is -0.444 e. The number of nitrogens with zero attached hydrogens (tertiary/aromatic N) is 4. The van der Waals surface area contributed by atoms with Crippen LogP contribution in [0.25, 0.3) is 33.4 Å². The Morgan fingerprint density at radius 1 is 1.04 bits per heavy atom. The molecule has 2 N–H and O–H groups in total. The predicted molar refractivity (Wildman–Crippen MR) is 176 cm³/mol. The number of H-pyrrole nitrogens is 1. The van der Waals surface area contributed by atoms with Crippen molar-refractivity contribution in [3.8, 4) is 22.4 Å². The molecule has 1 amide bonds. The zero-order chi connectivity index (χ0) is 33.5. The number of carbonyl (C=O) groups excluding carboxylic acids is 1. The molecule has 0 spiro atoms. The Morgan fingerprint density at radius 3 is 2.45 bits per heavy atom. The molecule has 47 heavy (non-hydrogen) atoms. The summed E-state index contributed by atoms with van der Waals surface area (Å²) in [6.07, 6.45) is 7.38. The largest absolute Gasteiger partial charge is 0.444 e. The van der Waals surface area contributed by atoms with Crippen molar-refractivity contribution in [2.45, 2.75) is 51.7 Å². The number of hydrogen-bond donors (Lipinski definition) is 2. The lowest BCUT2D eigenvalue weighted by atomic mass is 9.87. The lowest BCUT2D eigenvalue weighted by molar-refractivity contribution is 0.0205. The summed E-state index contributed by atoms with van der Waals surface area (Å²) in [5.74, 6) is -1.24. The fraction of sp³-hybridized carbons (Fsp3) is 0.324. The van der Waals surface area contributed by atoms with Crippen LogP contribution in [-0.2, 0) is 21.3 Å². The van der Waals surface area contributed by atoms with E-state index in [1.165, 1.54) is 12.1 Å². The topological polar surface area (TPSA) is 122 Å². The second kappa shape index (κ2) is 12.4. The van der Waals surface area contributed by atoms with Crippen molar-refractivity contribution in [2.24, 2.45) is 0 Å². The van der Waals surface area contributed by atoms with E-state index in [9.17, 15) is 22.0 Å². The molecule has 0 unspecified atom stereocenters. The maximum Gasteiger partial charge on any atom is 0.410 e. The number of benzene rings is 2. The van der Waals surface area contributed by atoms with Crippen LogP contribution in [0.4, 0.5) is 19.3 Å². The summed E-state index contributed by atoms with van der Waals surface area (Å²) in [5.41, 5.74) is 4.86. The molecule has 0 radical (unpaired) electrons. The number of pyridine rings is 1. The molecule has 1 saturated heterocycles. The van der Waals surface area contributed by atoms with Crippen LogP contribution in [0.2, 0.25) is 0 Å². The molecule has 2 aromatic carbocycles. The van der Waals surface area contributed by atoms with Gasteiger partial charge in [-0.25, -0.2) is 27.0 Å². The van der Waals surface area contributed by atoms with Gasteiger partial charge in [-0.1, -0.05) is 12.1 Å². The quantitative estimate of drug-likeness (QED) is 0.195. The zero-order valence-electron chi connectivity index (χ0n) is 26.5. The van der Waals surface area contributed by atoms with Gasteiger partial charge in [0.1, 0.15) is 22.9 Å². The molecule has 5 aromatic rings. The number of nitrogens with one attached hydrogen (secondary N) is 2. The highest BCUT2D eigenvalue weighted by atomic mass is 32.2. The maximum atomic E-state index is 13.7. The van der Waals surface area contributed by atoms with Crippen LogP contribution < -0.4 is 4.72 Å². The van der Waals surface area contributed by atoms with E-state index in [4.69, 9.17) is 4.74 Å². The summed E-state index contributed by atoms with van der Waals surface area (Å²) in [7, 11) is -3.58. The summed E-state index contributed by atoms with van der Waals surface area (Å²) in [4.78, 5) is 22.0. The molecule has 1 aliphatic rings. The zero-order valence-corrected chi connectivity index (χ0v) is 27.4. The molecule has 0 aliphatic carbocycles. The maximum absolute atomic E-state index is 13.7. The van der Waals surface area contributed by atoms with E-state index < -0.39 is 27.3 Å². The molecule has 1 fully saturated rings. The average Bonchev–Trinajstić information content (AvgIpc) is 3.61. The van der Waals surface area contributed by atoms with E-state index in [0.717, 1.165) is 40.0 Å². The Hall–Kier alpha value is -4.78. The van der Waals surface area contributed by atoms with Crippen molar-refractivity contribution in [1.29, 1.82) is 0 Å². The van der Waals surface area contributed by atoms with Crippen molar-refractivity contribution < 1.29 is 26.7 Å². The molecule has 1 aliphatic heterocycles. The number of anilines is 1. The van der Waals surface area contributed by atoms with Crippen LogP contribution in [0.5, 0.6) is 0 Å². The van der Waals surface area contributed by atoms with E-state index in [2.05, 4.69) is 19.8 Å². The number of aromatic nitrogens is 4. The number of sulfonamides is 1. The number of likely N-dealkylation sites (tertiary alicyclic amines) is 1. The number of amides is 1. The van der Waals surface area contributed by atoms with Crippen LogP contribution >= 0.6 is 0 Å². The SMILES string of the molecule is CC(C)(C)OC(=O)N1CCC(c2ccc(-c3cnc4[nH]cc(-c5ccn(Cc6cc(F)cc(F)c6)n5)c4c3)cc2NS(C)(=O)=O)CC1. The third-order valence-electron chi connectivity index (χ3n) is 7.98. The minimum absolute atomic E-state index is 0.0443. The first-order chi connectivity index (χ1) is 22.2. The first-order valence-corrected chi connectivity index (χ1v) is 17.2. The van der Waals surface area contributed by atoms with E-state index >= 15 is 0 Å². The Kier molecular flexibility index (Phi) is 8.51. The average molecular weight is 663 g/mol. The van der Waals surface area contributed by atoms with Gasteiger partial charge in [0.25, 0.3) is 0 Å². The van der Waals surface area contributed by atoms with E-state index in [1.54, 1.807) is 28.2 Å². The first-order valence-electron chi connectivity index (χ1n) is 15.3. The summed E-state index contributed by atoms with van der Waals surface area (Å²) >= 11 is 0. The standard InChI is InChI=1S/C34H36F2N6O4S/c1-34(2,3)46-33(43)41-10-7-22(8-11-41)27-6-5-23(16-31(27)40-47(4,44)45)24-15-28-29(19-38-32(28)37-18-24)30-9-12-42(39-30)20-21-13-25(35)17-26(36)14-21/h5-6,9,12-19,22,40H,7-8,10-11,20H2,1-4H3,(H,37,38). The van der Waals surface area contributed by atoms with Crippen molar-refractivity contribution in [2.75, 3.05) is 24.1 Å². The summed E-state index contributed by atoms with van der Waals surface area (Å²) in [6.45, 7) is 6.71. The van der Waals surface area contributed by atoms with Crippen LogP contribution in [0.1, 0.15) is 50.7 Å². The molecule has 3 aromatic heterocycles. The third-order valence-corrected chi connectivity index (χ3v) is 8.57. The highest BCUT2D eigenvalue weighted by Crippen LogP contribution is 2.37. The number of carbonyl (C=O) groups is 1. The van der Waals surface area contributed by atoms with Crippen molar-refractivity contribution >= 4 is 32.8 Å². The van der Waals surface area contributed by atoms with Crippen molar-refractivity contribution in [3.63, 3.8) is 0 Å². The van der Waals surface area contributed by atoms with Crippen LogP contribution in [0, 0.1) is 11.6 Å². The molecular weight excluding hydrogens is 626 g/mol. The van der Waals surface area contributed by atoms with Gasteiger partial charge in [-0.15, -0.1) is 0 Å². The molecule has 6 rings (SSSR count). The van der Waals surface area contributed by atoms with Gasteiger partial charge in [0, 0.05) is 54.3 Å². The lowest BCUT2D eigenvalue weighted by Gasteiger charge is -2.34. The predicted octanol–water partition coefficient (Wildman–Crippen LogP) is 6.91. The Balaban J connectivity index is 1.26. The molecule has 246 valence electrons. The summed E-state index contributed by atoms with van der Waals surface area (Å²) < 4.78 is 62.0.